The normalized spacial score (nSPS) is 11.8. The van der Waals surface area contributed by atoms with Crippen molar-refractivity contribution >= 4 is 11.6 Å². The van der Waals surface area contributed by atoms with Crippen molar-refractivity contribution in [2.75, 3.05) is 11.9 Å². The molecule has 0 bridgehead atoms. The maximum atomic E-state index is 12.3. The molecule has 0 aliphatic rings. The van der Waals surface area contributed by atoms with Gasteiger partial charge >= 0.3 is 0 Å². The number of anilines is 1. The highest BCUT2D eigenvalue weighted by Crippen LogP contribution is 2.29. The van der Waals surface area contributed by atoms with E-state index in [0.717, 1.165) is 22.8 Å². The van der Waals surface area contributed by atoms with E-state index in [1.54, 1.807) is 0 Å². The summed E-state index contributed by atoms with van der Waals surface area (Å²) in [7, 11) is 0. The first-order chi connectivity index (χ1) is 13.0. The number of benzene rings is 2. The van der Waals surface area contributed by atoms with Gasteiger partial charge in [-0.3, -0.25) is 10.1 Å². The summed E-state index contributed by atoms with van der Waals surface area (Å²) in [4.78, 5) is 12.3. The van der Waals surface area contributed by atoms with Crippen LogP contribution in [0.3, 0.4) is 0 Å². The zero-order valence-corrected chi connectivity index (χ0v) is 15.8. The van der Waals surface area contributed by atoms with E-state index < -0.39 is 0 Å². The number of para-hydroxylation sites is 2. The van der Waals surface area contributed by atoms with Crippen LogP contribution in [-0.4, -0.2) is 12.5 Å². The number of nitrogens with one attached hydrogen (secondary N) is 2. The van der Waals surface area contributed by atoms with Crippen LogP contribution in [0, 0.1) is 13.8 Å². The molecule has 0 fully saturated rings. The first-order valence-electron chi connectivity index (χ1n) is 8.94. The van der Waals surface area contributed by atoms with Crippen molar-refractivity contribution in [1.29, 1.82) is 0 Å². The van der Waals surface area contributed by atoms with E-state index in [1.807, 2.05) is 81.4 Å². The van der Waals surface area contributed by atoms with Crippen molar-refractivity contribution in [1.82, 2.24) is 5.32 Å². The quantitative estimate of drug-likeness (QED) is 0.621. The summed E-state index contributed by atoms with van der Waals surface area (Å²) in [5.41, 5.74) is 1.79. The first kappa shape index (κ1) is 18.7. The summed E-state index contributed by atoms with van der Waals surface area (Å²) >= 11 is 0. The summed E-state index contributed by atoms with van der Waals surface area (Å²) in [6.07, 6.45) is 0. The van der Waals surface area contributed by atoms with Gasteiger partial charge < -0.3 is 14.5 Å². The molecule has 3 rings (SSSR count). The summed E-state index contributed by atoms with van der Waals surface area (Å²) in [5.74, 6) is 2.84. The number of furan rings is 1. The average molecular weight is 364 g/mol. The van der Waals surface area contributed by atoms with Crippen molar-refractivity contribution < 1.29 is 13.9 Å². The van der Waals surface area contributed by atoms with Gasteiger partial charge in [-0.25, -0.2) is 0 Å². The van der Waals surface area contributed by atoms with E-state index in [9.17, 15) is 4.79 Å². The highest BCUT2D eigenvalue weighted by atomic mass is 16.5. The molecule has 0 radical (unpaired) electrons. The van der Waals surface area contributed by atoms with Crippen LogP contribution < -0.4 is 15.4 Å². The molecule has 5 heteroatoms. The molecule has 27 heavy (non-hydrogen) atoms. The number of carbonyl (C=O) groups excluding carboxylic acids is 1. The molecule has 1 heterocycles. The second-order valence-corrected chi connectivity index (χ2v) is 6.51. The summed E-state index contributed by atoms with van der Waals surface area (Å²) in [5, 5.41) is 6.06. The van der Waals surface area contributed by atoms with Gasteiger partial charge in [0.15, 0.2) is 5.75 Å². The van der Waals surface area contributed by atoms with Gasteiger partial charge in [0.1, 0.15) is 17.3 Å². The van der Waals surface area contributed by atoms with Crippen molar-refractivity contribution in [3.8, 4) is 11.5 Å². The molecule has 3 aromatic rings. The van der Waals surface area contributed by atoms with Crippen LogP contribution in [0.25, 0.3) is 0 Å². The minimum absolute atomic E-state index is 0.0523. The lowest BCUT2D eigenvalue weighted by atomic mass is 10.2. The van der Waals surface area contributed by atoms with E-state index in [2.05, 4.69) is 10.6 Å². The Bertz CT molecular complexity index is 900. The summed E-state index contributed by atoms with van der Waals surface area (Å²) in [6, 6.07) is 18.9. The van der Waals surface area contributed by atoms with Crippen LogP contribution in [-0.2, 0) is 4.79 Å². The minimum Gasteiger partial charge on any atom is -0.465 e. The van der Waals surface area contributed by atoms with Gasteiger partial charge in [0.05, 0.1) is 18.3 Å². The van der Waals surface area contributed by atoms with Crippen LogP contribution in [0.4, 0.5) is 5.69 Å². The summed E-state index contributed by atoms with van der Waals surface area (Å²) < 4.78 is 11.5. The Morgan fingerprint density at radius 1 is 1.04 bits per heavy atom. The zero-order chi connectivity index (χ0) is 19.2. The molecule has 2 N–H and O–H groups in total. The van der Waals surface area contributed by atoms with Gasteiger partial charge in [0.2, 0.25) is 5.91 Å². The fourth-order valence-corrected chi connectivity index (χ4v) is 2.62. The number of hydrogen-bond donors (Lipinski definition) is 2. The van der Waals surface area contributed by atoms with Crippen LogP contribution >= 0.6 is 0 Å². The molecule has 5 nitrogen and oxygen atoms in total. The zero-order valence-electron chi connectivity index (χ0n) is 15.8. The standard InChI is InChI=1S/C22H24N2O3/c1-15-8-11-18(12-9-15)27-21-7-5-4-6-19(21)24-22(25)14-23-17(3)20-13-10-16(2)26-20/h4-13,17,23H,14H2,1-3H3,(H,24,25). The molecule has 0 aliphatic heterocycles. The Morgan fingerprint density at radius 2 is 1.78 bits per heavy atom. The van der Waals surface area contributed by atoms with Gasteiger partial charge in [0, 0.05) is 0 Å². The molecule has 0 saturated carbocycles. The van der Waals surface area contributed by atoms with Gasteiger partial charge in [-0.15, -0.1) is 0 Å². The number of amides is 1. The van der Waals surface area contributed by atoms with E-state index in [4.69, 9.17) is 9.15 Å². The lowest BCUT2D eigenvalue weighted by molar-refractivity contribution is -0.115. The lowest BCUT2D eigenvalue weighted by Crippen LogP contribution is -2.30. The van der Waals surface area contributed by atoms with E-state index in [1.165, 1.54) is 0 Å². The third kappa shape index (κ3) is 5.21. The van der Waals surface area contributed by atoms with Crippen molar-refractivity contribution in [2.24, 2.45) is 0 Å². The Hall–Kier alpha value is -3.05. The van der Waals surface area contributed by atoms with Crippen LogP contribution in [0.1, 0.15) is 30.0 Å². The molecular weight excluding hydrogens is 340 g/mol. The van der Waals surface area contributed by atoms with Gasteiger partial charge in [0.25, 0.3) is 0 Å². The average Bonchev–Trinajstić information content (AvgIpc) is 3.10. The number of ether oxygens (including phenoxy) is 1. The van der Waals surface area contributed by atoms with E-state index in [-0.39, 0.29) is 18.5 Å². The lowest BCUT2D eigenvalue weighted by Gasteiger charge is -2.14. The number of aryl methyl sites for hydroxylation is 2. The molecule has 2 aromatic carbocycles. The minimum atomic E-state index is -0.148. The molecule has 0 aliphatic carbocycles. The van der Waals surface area contributed by atoms with Crippen molar-refractivity contribution in [3.63, 3.8) is 0 Å². The number of rotatable bonds is 7. The molecule has 1 amide bonds. The van der Waals surface area contributed by atoms with E-state index in [0.29, 0.717) is 11.4 Å². The Labute approximate surface area is 159 Å². The smallest absolute Gasteiger partial charge is 0.238 e. The molecule has 1 atom stereocenters. The van der Waals surface area contributed by atoms with Crippen LogP contribution in [0.15, 0.2) is 65.1 Å². The molecule has 1 aromatic heterocycles. The third-order valence-corrected chi connectivity index (χ3v) is 4.17. The van der Waals surface area contributed by atoms with E-state index >= 15 is 0 Å². The van der Waals surface area contributed by atoms with Gasteiger partial charge in [-0.05, 0) is 57.2 Å². The highest BCUT2D eigenvalue weighted by molar-refractivity contribution is 5.93. The fourth-order valence-electron chi connectivity index (χ4n) is 2.62. The van der Waals surface area contributed by atoms with Crippen LogP contribution in [0.5, 0.6) is 11.5 Å². The summed E-state index contributed by atoms with van der Waals surface area (Å²) in [6.45, 7) is 6.05. The second kappa shape index (κ2) is 8.56. The largest absolute Gasteiger partial charge is 0.465 e. The van der Waals surface area contributed by atoms with Gasteiger partial charge in [-0.1, -0.05) is 29.8 Å². The predicted molar refractivity (Wildman–Crippen MR) is 106 cm³/mol. The predicted octanol–water partition coefficient (Wildman–Crippen LogP) is 4.98. The Balaban J connectivity index is 1.59. The van der Waals surface area contributed by atoms with Crippen molar-refractivity contribution in [3.05, 3.63) is 77.7 Å². The van der Waals surface area contributed by atoms with Gasteiger partial charge in [-0.2, -0.15) is 0 Å². The maximum absolute atomic E-state index is 12.3. The molecular formula is C22H24N2O3. The topological polar surface area (TPSA) is 63.5 Å². The molecule has 1 unspecified atom stereocenters. The molecule has 0 spiro atoms. The third-order valence-electron chi connectivity index (χ3n) is 4.17. The maximum Gasteiger partial charge on any atom is 0.238 e. The molecule has 0 saturated heterocycles. The Kier molecular flexibility index (Phi) is 5.94. The Morgan fingerprint density at radius 3 is 2.48 bits per heavy atom. The SMILES string of the molecule is Cc1ccc(Oc2ccccc2NC(=O)CNC(C)c2ccc(C)o2)cc1. The van der Waals surface area contributed by atoms with Crippen LogP contribution in [0.2, 0.25) is 0 Å². The van der Waals surface area contributed by atoms with Crippen molar-refractivity contribution in [2.45, 2.75) is 26.8 Å². The molecule has 140 valence electrons. The first-order valence-corrected chi connectivity index (χ1v) is 8.94. The monoisotopic (exact) mass is 364 g/mol. The second-order valence-electron chi connectivity index (χ2n) is 6.51. The highest BCUT2D eigenvalue weighted by Gasteiger charge is 2.12. The fraction of sp³-hybridized carbons (Fsp3) is 0.227. The number of carbonyl (C=O) groups is 1. The number of hydrogen-bond acceptors (Lipinski definition) is 4.